The smallest absolute Gasteiger partial charge is 0.345 e. The molecule has 0 aliphatic carbocycles. The summed E-state index contributed by atoms with van der Waals surface area (Å²) in [6.45, 7) is 0. The van der Waals surface area contributed by atoms with Gasteiger partial charge in [0.1, 0.15) is 17.4 Å². The Kier molecular flexibility index (Phi) is 3.56. The molecule has 0 saturated heterocycles. The molecule has 18 heavy (non-hydrogen) atoms. The average Bonchev–Trinajstić information content (AvgIpc) is 2.62. The molecule has 0 amide bonds. The molecule has 2 aromatic heterocycles. The summed E-state index contributed by atoms with van der Waals surface area (Å²) in [6.07, 6.45) is -1.92. The molecule has 96 valence electrons. The van der Waals surface area contributed by atoms with Crippen molar-refractivity contribution in [1.82, 2.24) is 15.0 Å². The van der Waals surface area contributed by atoms with E-state index in [0.717, 1.165) is 5.56 Å². The fourth-order valence-corrected chi connectivity index (χ4v) is 1.74. The minimum absolute atomic E-state index is 0.0855. The Morgan fingerprint density at radius 3 is 2.72 bits per heavy atom. The molecule has 0 spiro atoms. The van der Waals surface area contributed by atoms with Crippen LogP contribution in [0.5, 0.6) is 0 Å². The van der Waals surface area contributed by atoms with Gasteiger partial charge in [0.15, 0.2) is 0 Å². The molecule has 7 heteroatoms. The van der Waals surface area contributed by atoms with Crippen LogP contribution in [0.1, 0.15) is 17.1 Å². The van der Waals surface area contributed by atoms with Crippen LogP contribution < -0.4 is 0 Å². The van der Waals surface area contributed by atoms with E-state index in [1.54, 1.807) is 18.3 Å². The zero-order chi connectivity index (χ0) is 13.2. The number of hydrogen-bond donors (Lipinski definition) is 1. The van der Waals surface area contributed by atoms with Gasteiger partial charge in [-0.25, -0.2) is 9.97 Å². The van der Waals surface area contributed by atoms with Gasteiger partial charge in [-0.05, 0) is 17.7 Å². The van der Waals surface area contributed by atoms with Gasteiger partial charge in [0.2, 0.25) is 0 Å². The van der Waals surface area contributed by atoms with Crippen molar-refractivity contribution in [2.75, 3.05) is 0 Å². The van der Waals surface area contributed by atoms with Crippen LogP contribution in [0.4, 0.5) is 13.2 Å². The van der Waals surface area contributed by atoms with E-state index in [-0.39, 0.29) is 5.82 Å². The SMILES string of the molecule is FC(F)(F)Cc1ncc(Cc2ccnc(Cl)c2)[nH]1. The predicted octanol–water partition coefficient (Wildman–Crippen LogP) is 3.15. The summed E-state index contributed by atoms with van der Waals surface area (Å²) < 4.78 is 36.4. The van der Waals surface area contributed by atoms with Crippen molar-refractivity contribution in [3.8, 4) is 0 Å². The maximum atomic E-state index is 12.1. The number of rotatable bonds is 3. The number of H-pyrrole nitrogens is 1. The molecular weight excluding hydrogens is 267 g/mol. The Bertz CT molecular complexity index is 536. The van der Waals surface area contributed by atoms with E-state index in [1.807, 2.05) is 0 Å². The van der Waals surface area contributed by atoms with E-state index < -0.39 is 12.6 Å². The maximum Gasteiger partial charge on any atom is 0.396 e. The van der Waals surface area contributed by atoms with Crippen molar-refractivity contribution in [2.45, 2.75) is 19.0 Å². The summed E-state index contributed by atoms with van der Waals surface area (Å²) in [5.41, 5.74) is 1.47. The number of alkyl halides is 3. The first-order chi connectivity index (χ1) is 8.42. The molecule has 2 rings (SSSR count). The molecule has 0 aliphatic heterocycles. The van der Waals surface area contributed by atoms with Crippen molar-refractivity contribution in [3.63, 3.8) is 0 Å². The highest BCUT2D eigenvalue weighted by Gasteiger charge is 2.29. The zero-order valence-corrected chi connectivity index (χ0v) is 9.89. The topological polar surface area (TPSA) is 41.6 Å². The van der Waals surface area contributed by atoms with Crippen LogP contribution >= 0.6 is 11.6 Å². The molecule has 3 nitrogen and oxygen atoms in total. The molecule has 0 atom stereocenters. The molecule has 0 fully saturated rings. The first-order valence-electron chi connectivity index (χ1n) is 5.12. The molecule has 0 unspecified atom stereocenters. The van der Waals surface area contributed by atoms with Gasteiger partial charge >= 0.3 is 6.18 Å². The Morgan fingerprint density at radius 2 is 2.06 bits per heavy atom. The fourth-order valence-electron chi connectivity index (χ4n) is 1.55. The van der Waals surface area contributed by atoms with E-state index >= 15 is 0 Å². The van der Waals surface area contributed by atoms with Gasteiger partial charge in [-0.3, -0.25) is 0 Å². The Balaban J connectivity index is 2.07. The van der Waals surface area contributed by atoms with Crippen LogP contribution in [0, 0.1) is 0 Å². The fraction of sp³-hybridized carbons (Fsp3) is 0.273. The minimum Gasteiger partial charge on any atom is -0.345 e. The third-order valence-electron chi connectivity index (χ3n) is 2.23. The van der Waals surface area contributed by atoms with Gasteiger partial charge in [-0.1, -0.05) is 11.6 Å². The Hall–Kier alpha value is -1.56. The summed E-state index contributed by atoms with van der Waals surface area (Å²) in [7, 11) is 0. The highest BCUT2D eigenvalue weighted by Crippen LogP contribution is 2.20. The quantitative estimate of drug-likeness (QED) is 0.874. The second-order valence-corrected chi connectivity index (χ2v) is 4.20. The molecule has 2 aromatic rings. The van der Waals surface area contributed by atoms with Gasteiger partial charge in [-0.15, -0.1) is 0 Å². The van der Waals surface area contributed by atoms with E-state index in [1.165, 1.54) is 6.20 Å². The van der Waals surface area contributed by atoms with Crippen molar-refractivity contribution < 1.29 is 13.2 Å². The number of nitrogens with zero attached hydrogens (tertiary/aromatic N) is 2. The number of hydrogen-bond acceptors (Lipinski definition) is 2. The summed E-state index contributed by atoms with van der Waals surface area (Å²) in [4.78, 5) is 10.2. The van der Waals surface area contributed by atoms with Crippen LogP contribution in [0.25, 0.3) is 0 Å². The monoisotopic (exact) mass is 275 g/mol. The number of aromatic amines is 1. The summed E-state index contributed by atoms with van der Waals surface area (Å²) in [6, 6.07) is 3.40. The van der Waals surface area contributed by atoms with Gasteiger partial charge in [0.05, 0.1) is 0 Å². The zero-order valence-electron chi connectivity index (χ0n) is 9.13. The lowest BCUT2D eigenvalue weighted by molar-refractivity contribution is -0.128. The molecule has 0 aromatic carbocycles. The summed E-state index contributed by atoms with van der Waals surface area (Å²) >= 11 is 5.72. The number of pyridine rings is 1. The van der Waals surface area contributed by atoms with Crippen LogP contribution in [0.15, 0.2) is 24.5 Å². The predicted molar refractivity (Wildman–Crippen MR) is 60.4 cm³/mol. The normalized spacial score (nSPS) is 11.8. The third kappa shape index (κ3) is 3.73. The van der Waals surface area contributed by atoms with Gasteiger partial charge in [-0.2, -0.15) is 13.2 Å². The lowest BCUT2D eigenvalue weighted by Gasteiger charge is -2.02. The lowest BCUT2D eigenvalue weighted by Crippen LogP contribution is -2.12. The highest BCUT2D eigenvalue weighted by atomic mass is 35.5. The first kappa shape index (κ1) is 12.9. The molecule has 0 aliphatic rings. The first-order valence-corrected chi connectivity index (χ1v) is 5.50. The van der Waals surface area contributed by atoms with E-state index in [0.29, 0.717) is 17.3 Å². The second kappa shape index (κ2) is 4.97. The van der Waals surface area contributed by atoms with Crippen LogP contribution in [0.2, 0.25) is 5.15 Å². The van der Waals surface area contributed by atoms with Gasteiger partial charge in [0.25, 0.3) is 0 Å². The molecular formula is C11H9ClF3N3. The summed E-state index contributed by atoms with van der Waals surface area (Å²) in [5, 5.41) is 0.350. The average molecular weight is 276 g/mol. The molecule has 0 radical (unpaired) electrons. The molecule has 0 bridgehead atoms. The van der Waals surface area contributed by atoms with Crippen LogP contribution in [-0.4, -0.2) is 21.1 Å². The molecule has 2 heterocycles. The standard InChI is InChI=1S/C11H9ClF3N3/c12-9-4-7(1-2-16-9)3-8-6-17-10(18-8)5-11(13,14)15/h1-2,4,6H,3,5H2,(H,17,18). The van der Waals surface area contributed by atoms with Crippen molar-refractivity contribution in [3.05, 3.63) is 46.8 Å². The number of halogens is 4. The van der Waals surface area contributed by atoms with E-state index in [2.05, 4.69) is 15.0 Å². The maximum absolute atomic E-state index is 12.1. The Labute approximate surface area is 106 Å². The third-order valence-corrected chi connectivity index (χ3v) is 2.44. The van der Waals surface area contributed by atoms with Crippen molar-refractivity contribution in [2.24, 2.45) is 0 Å². The molecule has 1 N–H and O–H groups in total. The second-order valence-electron chi connectivity index (χ2n) is 3.81. The highest BCUT2D eigenvalue weighted by molar-refractivity contribution is 6.29. The minimum atomic E-state index is -4.25. The lowest BCUT2D eigenvalue weighted by atomic mass is 10.1. The van der Waals surface area contributed by atoms with Crippen LogP contribution in [-0.2, 0) is 12.8 Å². The number of aromatic nitrogens is 3. The van der Waals surface area contributed by atoms with Crippen LogP contribution in [0.3, 0.4) is 0 Å². The number of imidazole rings is 1. The number of nitrogens with one attached hydrogen (secondary N) is 1. The van der Waals surface area contributed by atoms with Crippen molar-refractivity contribution >= 4 is 11.6 Å². The largest absolute Gasteiger partial charge is 0.396 e. The van der Waals surface area contributed by atoms with E-state index in [4.69, 9.17) is 11.6 Å². The summed E-state index contributed by atoms with van der Waals surface area (Å²) in [5.74, 6) is -0.0855. The van der Waals surface area contributed by atoms with E-state index in [9.17, 15) is 13.2 Å². The Morgan fingerprint density at radius 1 is 1.28 bits per heavy atom. The van der Waals surface area contributed by atoms with Gasteiger partial charge < -0.3 is 4.98 Å². The van der Waals surface area contributed by atoms with Crippen molar-refractivity contribution in [1.29, 1.82) is 0 Å². The molecule has 0 saturated carbocycles. The van der Waals surface area contributed by atoms with Gasteiger partial charge in [0, 0.05) is 24.5 Å².